The molecule has 0 aliphatic rings. The van der Waals surface area contributed by atoms with E-state index in [2.05, 4.69) is 5.32 Å². The van der Waals surface area contributed by atoms with E-state index in [1.165, 1.54) is 6.08 Å². The summed E-state index contributed by atoms with van der Waals surface area (Å²) in [6.07, 6.45) is 2.12. The van der Waals surface area contributed by atoms with Crippen molar-refractivity contribution in [2.45, 2.75) is 20.3 Å². The van der Waals surface area contributed by atoms with Gasteiger partial charge in [-0.1, -0.05) is 6.07 Å². The van der Waals surface area contributed by atoms with Gasteiger partial charge < -0.3 is 24.3 Å². The minimum Gasteiger partial charge on any atom is -0.490 e. The molecule has 0 bridgehead atoms. The Morgan fingerprint density at radius 3 is 2.61 bits per heavy atom. The first-order valence-electron chi connectivity index (χ1n) is 8.99. The average Bonchev–Trinajstić information content (AvgIpc) is 2.69. The van der Waals surface area contributed by atoms with E-state index in [0.29, 0.717) is 43.2 Å². The number of ether oxygens (including phenoxy) is 4. The second-order valence-corrected chi connectivity index (χ2v) is 5.50. The van der Waals surface area contributed by atoms with Gasteiger partial charge in [0.1, 0.15) is 11.6 Å². The van der Waals surface area contributed by atoms with Crippen molar-refractivity contribution in [1.29, 1.82) is 5.26 Å². The predicted octanol–water partition coefficient (Wildman–Crippen LogP) is 2.09. The smallest absolute Gasteiger partial charge is 0.344 e. The monoisotopic (exact) mass is 390 g/mol. The lowest BCUT2D eigenvalue weighted by atomic mass is 10.1. The van der Waals surface area contributed by atoms with Crippen molar-refractivity contribution in [3.05, 3.63) is 29.3 Å². The summed E-state index contributed by atoms with van der Waals surface area (Å²) in [4.78, 5) is 23.6. The first-order valence-corrected chi connectivity index (χ1v) is 8.99. The highest BCUT2D eigenvalue weighted by molar-refractivity contribution is 6.01. The van der Waals surface area contributed by atoms with Crippen LogP contribution in [0.2, 0.25) is 0 Å². The van der Waals surface area contributed by atoms with Crippen LogP contribution in [-0.2, 0) is 19.1 Å². The molecule has 0 unspecified atom stereocenters. The number of methoxy groups -OCH3 is 1. The fourth-order valence-corrected chi connectivity index (χ4v) is 2.17. The Morgan fingerprint density at radius 2 is 1.96 bits per heavy atom. The lowest BCUT2D eigenvalue weighted by Gasteiger charge is -2.12. The standard InChI is InChI=1S/C20H26N2O6/c1-4-26-18-12-15(7-8-17(18)28-14-19(23)27-5-2)11-16(13-21)20(24)22-9-6-10-25-3/h7-8,11-12H,4-6,9-10,14H2,1-3H3,(H,22,24). The third-order valence-electron chi connectivity index (χ3n) is 3.41. The molecule has 0 aromatic heterocycles. The molecule has 152 valence electrons. The first-order chi connectivity index (χ1) is 13.5. The second kappa shape index (κ2) is 13.2. The Kier molecular flexibility index (Phi) is 10.8. The number of carbonyl (C=O) groups is 2. The number of carbonyl (C=O) groups excluding carboxylic acids is 2. The molecule has 8 heteroatoms. The van der Waals surface area contributed by atoms with Crippen LogP contribution in [0.25, 0.3) is 6.08 Å². The van der Waals surface area contributed by atoms with Crippen molar-refractivity contribution in [1.82, 2.24) is 5.32 Å². The molecule has 1 aromatic carbocycles. The van der Waals surface area contributed by atoms with Gasteiger partial charge in [-0.2, -0.15) is 5.26 Å². The summed E-state index contributed by atoms with van der Waals surface area (Å²) in [6, 6.07) is 6.81. The number of hydrogen-bond acceptors (Lipinski definition) is 7. The van der Waals surface area contributed by atoms with Gasteiger partial charge in [0.2, 0.25) is 0 Å². The minimum absolute atomic E-state index is 0.0277. The van der Waals surface area contributed by atoms with Gasteiger partial charge in [0.15, 0.2) is 18.1 Å². The minimum atomic E-state index is -0.481. The molecule has 1 N–H and O–H groups in total. The van der Waals surface area contributed by atoms with Crippen LogP contribution in [0.3, 0.4) is 0 Å². The van der Waals surface area contributed by atoms with Crippen molar-refractivity contribution in [2.75, 3.05) is 40.1 Å². The fourth-order valence-electron chi connectivity index (χ4n) is 2.17. The number of nitrogens with zero attached hydrogens (tertiary/aromatic N) is 1. The molecule has 0 aliphatic carbocycles. The van der Waals surface area contributed by atoms with Crippen LogP contribution in [0, 0.1) is 11.3 Å². The maximum atomic E-state index is 12.1. The Labute approximate surface area is 165 Å². The van der Waals surface area contributed by atoms with E-state index in [4.69, 9.17) is 18.9 Å². The van der Waals surface area contributed by atoms with Gasteiger partial charge in [0.05, 0.1) is 13.2 Å². The fraction of sp³-hybridized carbons (Fsp3) is 0.450. The quantitative estimate of drug-likeness (QED) is 0.252. The summed E-state index contributed by atoms with van der Waals surface area (Å²) in [5.41, 5.74) is 0.565. The van der Waals surface area contributed by atoms with E-state index in [9.17, 15) is 14.9 Å². The van der Waals surface area contributed by atoms with Crippen molar-refractivity contribution in [3.8, 4) is 17.6 Å². The van der Waals surface area contributed by atoms with Crippen LogP contribution in [0.4, 0.5) is 0 Å². The highest BCUT2D eigenvalue weighted by Gasteiger charge is 2.12. The molecule has 0 radical (unpaired) electrons. The van der Waals surface area contributed by atoms with Crippen molar-refractivity contribution < 1.29 is 28.5 Å². The van der Waals surface area contributed by atoms with Crippen LogP contribution in [0.1, 0.15) is 25.8 Å². The van der Waals surface area contributed by atoms with Gasteiger partial charge >= 0.3 is 5.97 Å². The summed E-state index contributed by atoms with van der Waals surface area (Å²) in [7, 11) is 1.58. The van der Waals surface area contributed by atoms with Crippen LogP contribution >= 0.6 is 0 Å². The highest BCUT2D eigenvalue weighted by atomic mass is 16.6. The number of rotatable bonds is 12. The summed E-state index contributed by atoms with van der Waals surface area (Å²) in [6.45, 7) is 4.88. The van der Waals surface area contributed by atoms with Crippen LogP contribution < -0.4 is 14.8 Å². The third-order valence-corrected chi connectivity index (χ3v) is 3.41. The van der Waals surface area contributed by atoms with Gasteiger partial charge in [0, 0.05) is 20.3 Å². The second-order valence-electron chi connectivity index (χ2n) is 5.50. The maximum Gasteiger partial charge on any atom is 0.344 e. The number of amides is 1. The summed E-state index contributed by atoms with van der Waals surface area (Å²) >= 11 is 0. The van der Waals surface area contributed by atoms with Gasteiger partial charge in [-0.3, -0.25) is 4.79 Å². The molecule has 0 fully saturated rings. The molecule has 1 rings (SSSR count). The van der Waals surface area contributed by atoms with E-state index < -0.39 is 11.9 Å². The zero-order valence-corrected chi connectivity index (χ0v) is 16.4. The number of benzene rings is 1. The topological polar surface area (TPSA) is 107 Å². The molecule has 0 heterocycles. The van der Waals surface area contributed by atoms with E-state index in [-0.39, 0.29) is 18.8 Å². The Balaban J connectivity index is 2.89. The molecule has 0 atom stereocenters. The zero-order valence-electron chi connectivity index (χ0n) is 16.4. The highest BCUT2D eigenvalue weighted by Crippen LogP contribution is 2.29. The summed E-state index contributed by atoms with van der Waals surface area (Å²) in [5, 5.41) is 11.9. The molecule has 0 saturated heterocycles. The molecule has 0 aliphatic heterocycles. The number of nitriles is 1. The van der Waals surface area contributed by atoms with E-state index in [1.807, 2.05) is 13.0 Å². The van der Waals surface area contributed by atoms with Gasteiger partial charge in [0.25, 0.3) is 5.91 Å². The zero-order chi connectivity index (χ0) is 20.8. The van der Waals surface area contributed by atoms with Crippen LogP contribution in [0.5, 0.6) is 11.5 Å². The lowest BCUT2D eigenvalue weighted by molar-refractivity contribution is -0.145. The van der Waals surface area contributed by atoms with Crippen LogP contribution in [-0.4, -0.2) is 52.0 Å². The number of esters is 1. The first kappa shape index (κ1) is 23.0. The largest absolute Gasteiger partial charge is 0.490 e. The molecule has 1 amide bonds. The molecule has 1 aromatic rings. The molecule has 8 nitrogen and oxygen atoms in total. The molecule has 0 spiro atoms. The Morgan fingerprint density at radius 1 is 1.18 bits per heavy atom. The van der Waals surface area contributed by atoms with Gasteiger partial charge in [-0.05, 0) is 44.0 Å². The number of nitrogens with one attached hydrogen (secondary N) is 1. The molecule has 0 saturated carbocycles. The normalized spacial score (nSPS) is 10.7. The Hall–Kier alpha value is -3.05. The van der Waals surface area contributed by atoms with E-state index in [1.54, 1.807) is 32.2 Å². The summed E-state index contributed by atoms with van der Waals surface area (Å²) in [5.74, 6) is -0.169. The third kappa shape index (κ3) is 8.10. The Bertz CT molecular complexity index is 724. The summed E-state index contributed by atoms with van der Waals surface area (Å²) < 4.78 is 20.7. The average molecular weight is 390 g/mol. The molecular weight excluding hydrogens is 364 g/mol. The molecular formula is C20H26N2O6. The SMILES string of the molecule is CCOC(=O)COc1ccc(C=C(C#N)C(=O)NCCCOC)cc1OCC. The molecule has 28 heavy (non-hydrogen) atoms. The van der Waals surface area contributed by atoms with Gasteiger partial charge in [-0.15, -0.1) is 0 Å². The van der Waals surface area contributed by atoms with E-state index >= 15 is 0 Å². The van der Waals surface area contributed by atoms with Crippen molar-refractivity contribution >= 4 is 18.0 Å². The maximum absolute atomic E-state index is 12.1. The number of hydrogen-bond donors (Lipinski definition) is 1. The lowest BCUT2D eigenvalue weighted by Crippen LogP contribution is -2.26. The van der Waals surface area contributed by atoms with Crippen molar-refractivity contribution in [3.63, 3.8) is 0 Å². The van der Waals surface area contributed by atoms with Crippen LogP contribution in [0.15, 0.2) is 23.8 Å². The van der Waals surface area contributed by atoms with Crippen molar-refractivity contribution in [2.24, 2.45) is 0 Å². The van der Waals surface area contributed by atoms with Gasteiger partial charge in [-0.25, -0.2) is 4.79 Å². The van der Waals surface area contributed by atoms with E-state index in [0.717, 1.165) is 0 Å². The predicted molar refractivity (Wildman–Crippen MR) is 103 cm³/mol.